The average Bonchev–Trinajstić information content (AvgIpc) is 2.46. The summed E-state index contributed by atoms with van der Waals surface area (Å²) in [5, 5.41) is 3.01. The lowest BCUT2D eigenvalue weighted by Gasteiger charge is -2.13. The third kappa shape index (κ3) is 3.66. The van der Waals surface area contributed by atoms with Gasteiger partial charge in [0.15, 0.2) is 0 Å². The topological polar surface area (TPSA) is 29.1 Å². The van der Waals surface area contributed by atoms with E-state index in [2.05, 4.69) is 40.3 Å². The molecule has 0 unspecified atom stereocenters. The Morgan fingerprint density at radius 3 is 2.27 bits per heavy atom. The Morgan fingerprint density at radius 2 is 1.64 bits per heavy atom. The average molecular weight is 358 g/mol. The second-order valence-electron chi connectivity index (χ2n) is 5.48. The van der Waals surface area contributed by atoms with Crippen molar-refractivity contribution in [3.63, 3.8) is 0 Å². The molecule has 114 valence electrons. The molecule has 2 aromatic rings. The van der Waals surface area contributed by atoms with Gasteiger partial charge in [-0.3, -0.25) is 4.79 Å². The second kappa shape index (κ2) is 6.93. The Kier molecular flexibility index (Phi) is 5.19. The highest BCUT2D eigenvalue weighted by Crippen LogP contribution is 2.24. The molecule has 0 bridgehead atoms. The zero-order chi connectivity index (χ0) is 16.3. The summed E-state index contributed by atoms with van der Waals surface area (Å²) in [7, 11) is 0. The maximum absolute atomic E-state index is 12.4. The molecule has 0 aliphatic carbocycles. The second-order valence-corrected chi connectivity index (χ2v) is 6.39. The molecule has 0 aromatic heterocycles. The van der Waals surface area contributed by atoms with Gasteiger partial charge in [-0.1, -0.05) is 40.2 Å². The van der Waals surface area contributed by atoms with Gasteiger partial charge in [-0.25, -0.2) is 0 Å². The maximum atomic E-state index is 12.4. The molecule has 0 saturated carbocycles. The fraction of sp³-hybridized carbons (Fsp3) is 0.211. The summed E-state index contributed by atoms with van der Waals surface area (Å²) in [4.78, 5) is 12.4. The number of nitrogens with one attached hydrogen (secondary N) is 1. The van der Waals surface area contributed by atoms with E-state index in [9.17, 15) is 4.79 Å². The van der Waals surface area contributed by atoms with Crippen molar-refractivity contribution in [3.05, 3.63) is 74.9 Å². The number of benzene rings is 2. The van der Waals surface area contributed by atoms with Crippen LogP contribution in [0, 0.1) is 13.8 Å². The van der Waals surface area contributed by atoms with Crippen LogP contribution < -0.4 is 5.32 Å². The van der Waals surface area contributed by atoms with Crippen molar-refractivity contribution in [2.45, 2.75) is 27.7 Å². The van der Waals surface area contributed by atoms with Gasteiger partial charge < -0.3 is 5.32 Å². The van der Waals surface area contributed by atoms with Crippen LogP contribution in [0.2, 0.25) is 0 Å². The fourth-order valence-corrected chi connectivity index (χ4v) is 2.88. The summed E-state index contributed by atoms with van der Waals surface area (Å²) in [5.74, 6) is -0.0651. The van der Waals surface area contributed by atoms with Gasteiger partial charge in [0.25, 0.3) is 5.91 Å². The number of allylic oxidation sites excluding steroid dienone is 2. The zero-order valence-electron chi connectivity index (χ0n) is 13.3. The van der Waals surface area contributed by atoms with Gasteiger partial charge >= 0.3 is 0 Å². The summed E-state index contributed by atoms with van der Waals surface area (Å²) in [6, 6.07) is 13.8. The molecule has 0 aliphatic heterocycles. The highest BCUT2D eigenvalue weighted by atomic mass is 79.9. The molecular weight excluding hydrogens is 338 g/mol. The molecular formula is C19H20BrNO. The standard InChI is InChI=1S/C19H20BrNO/c1-12-7-5-6-8-18(12)19(22)21-15(4)14(3)17-10-9-16(20)11-13(17)2/h5-11H,1-4H3,(H,21,22)/b15-14+. The van der Waals surface area contributed by atoms with Crippen LogP contribution in [0.15, 0.2) is 52.6 Å². The van der Waals surface area contributed by atoms with E-state index in [1.54, 1.807) is 0 Å². The van der Waals surface area contributed by atoms with Gasteiger partial charge in [-0.2, -0.15) is 0 Å². The lowest BCUT2D eigenvalue weighted by atomic mass is 10.0. The van der Waals surface area contributed by atoms with E-state index in [0.29, 0.717) is 5.56 Å². The van der Waals surface area contributed by atoms with E-state index < -0.39 is 0 Å². The molecule has 22 heavy (non-hydrogen) atoms. The molecule has 0 atom stereocenters. The fourth-order valence-electron chi connectivity index (χ4n) is 2.41. The maximum Gasteiger partial charge on any atom is 0.255 e. The molecule has 2 aromatic carbocycles. The Hall–Kier alpha value is -1.87. The van der Waals surface area contributed by atoms with E-state index in [1.807, 2.05) is 51.1 Å². The minimum atomic E-state index is -0.0651. The summed E-state index contributed by atoms with van der Waals surface area (Å²) >= 11 is 3.48. The number of halogens is 1. The highest BCUT2D eigenvalue weighted by Gasteiger charge is 2.11. The first-order valence-electron chi connectivity index (χ1n) is 7.21. The van der Waals surface area contributed by atoms with Gasteiger partial charge in [0, 0.05) is 15.7 Å². The largest absolute Gasteiger partial charge is 0.326 e. The monoisotopic (exact) mass is 357 g/mol. The van der Waals surface area contributed by atoms with E-state index in [-0.39, 0.29) is 5.91 Å². The summed E-state index contributed by atoms with van der Waals surface area (Å²) < 4.78 is 1.06. The smallest absolute Gasteiger partial charge is 0.255 e. The van der Waals surface area contributed by atoms with Crippen LogP contribution in [0.1, 0.15) is 40.9 Å². The Bertz CT molecular complexity index is 747. The lowest BCUT2D eigenvalue weighted by Crippen LogP contribution is -2.23. The molecule has 1 amide bonds. The molecule has 0 saturated heterocycles. The molecule has 0 radical (unpaired) electrons. The van der Waals surface area contributed by atoms with E-state index in [0.717, 1.165) is 26.9 Å². The summed E-state index contributed by atoms with van der Waals surface area (Å²) in [6.45, 7) is 7.98. The molecule has 2 rings (SSSR count). The van der Waals surface area contributed by atoms with E-state index >= 15 is 0 Å². The third-order valence-corrected chi connectivity index (χ3v) is 4.34. The number of carbonyl (C=O) groups excluding carboxylic acids is 1. The minimum absolute atomic E-state index is 0.0651. The predicted octanol–water partition coefficient (Wildman–Crippen LogP) is 5.25. The van der Waals surface area contributed by atoms with Gasteiger partial charge in [0.1, 0.15) is 0 Å². The van der Waals surface area contributed by atoms with Crippen LogP contribution in [0.4, 0.5) is 0 Å². The van der Waals surface area contributed by atoms with Crippen molar-refractivity contribution in [3.8, 4) is 0 Å². The third-order valence-electron chi connectivity index (χ3n) is 3.85. The normalized spacial score (nSPS) is 11.9. The molecule has 0 spiro atoms. The number of rotatable bonds is 3. The SMILES string of the molecule is C/C(NC(=O)c1ccccc1C)=C(/C)c1ccc(Br)cc1C. The van der Waals surface area contributed by atoms with Crippen LogP contribution in [0.5, 0.6) is 0 Å². The Morgan fingerprint density at radius 1 is 0.955 bits per heavy atom. The van der Waals surface area contributed by atoms with Crippen molar-refractivity contribution < 1.29 is 4.79 Å². The van der Waals surface area contributed by atoms with Crippen LogP contribution >= 0.6 is 15.9 Å². The van der Waals surface area contributed by atoms with Gasteiger partial charge in [-0.05, 0) is 68.2 Å². The van der Waals surface area contributed by atoms with Crippen LogP contribution in [-0.4, -0.2) is 5.91 Å². The molecule has 3 heteroatoms. The van der Waals surface area contributed by atoms with Crippen molar-refractivity contribution in [1.82, 2.24) is 5.32 Å². The number of aryl methyl sites for hydroxylation is 2. The Balaban J connectivity index is 2.28. The molecule has 2 nitrogen and oxygen atoms in total. The number of hydrogen-bond donors (Lipinski definition) is 1. The van der Waals surface area contributed by atoms with Gasteiger partial charge in [0.2, 0.25) is 0 Å². The number of hydrogen-bond acceptors (Lipinski definition) is 1. The number of amides is 1. The van der Waals surface area contributed by atoms with Crippen LogP contribution in [0.3, 0.4) is 0 Å². The highest BCUT2D eigenvalue weighted by molar-refractivity contribution is 9.10. The molecule has 0 aliphatic rings. The predicted molar refractivity (Wildman–Crippen MR) is 95.8 cm³/mol. The van der Waals surface area contributed by atoms with Gasteiger partial charge in [-0.15, -0.1) is 0 Å². The molecule has 0 fully saturated rings. The lowest BCUT2D eigenvalue weighted by molar-refractivity contribution is 0.0965. The first-order valence-corrected chi connectivity index (χ1v) is 8.00. The van der Waals surface area contributed by atoms with Crippen molar-refractivity contribution in [2.24, 2.45) is 0 Å². The van der Waals surface area contributed by atoms with E-state index in [4.69, 9.17) is 0 Å². The van der Waals surface area contributed by atoms with Gasteiger partial charge in [0.05, 0.1) is 0 Å². The molecule has 0 heterocycles. The number of carbonyl (C=O) groups is 1. The minimum Gasteiger partial charge on any atom is -0.326 e. The molecule has 1 N–H and O–H groups in total. The zero-order valence-corrected chi connectivity index (χ0v) is 14.9. The summed E-state index contributed by atoms with van der Waals surface area (Å²) in [5.41, 5.74) is 5.96. The van der Waals surface area contributed by atoms with Crippen molar-refractivity contribution >= 4 is 27.4 Å². The first kappa shape index (κ1) is 16.5. The summed E-state index contributed by atoms with van der Waals surface area (Å²) in [6.07, 6.45) is 0. The van der Waals surface area contributed by atoms with Crippen LogP contribution in [0.25, 0.3) is 5.57 Å². The quantitative estimate of drug-likeness (QED) is 0.798. The van der Waals surface area contributed by atoms with Crippen molar-refractivity contribution in [2.75, 3.05) is 0 Å². The Labute approximate surface area is 140 Å². The van der Waals surface area contributed by atoms with Crippen LogP contribution in [-0.2, 0) is 0 Å². The first-order chi connectivity index (χ1) is 10.4. The van der Waals surface area contributed by atoms with E-state index in [1.165, 1.54) is 5.56 Å². The van der Waals surface area contributed by atoms with Crippen molar-refractivity contribution in [1.29, 1.82) is 0 Å².